The number of carbonyl (C=O) groups is 2. The largest absolute Gasteiger partial charge is 0.497 e. The molecule has 2 N–H and O–H groups in total. The molecule has 1 aliphatic heterocycles. The number of amides is 1. The van der Waals surface area contributed by atoms with Crippen molar-refractivity contribution in [2.75, 3.05) is 20.2 Å². The van der Waals surface area contributed by atoms with Crippen molar-refractivity contribution in [3.63, 3.8) is 0 Å². The SMILES string of the molecule is COc1ccc(S(=O)(=O)N2CCCC(C(=O)OCc3cccc(C(N)=O)c3)C2)cc1. The fraction of sp³-hybridized carbons (Fsp3) is 0.333. The van der Waals surface area contributed by atoms with Gasteiger partial charge in [-0.15, -0.1) is 0 Å². The van der Waals surface area contributed by atoms with Crippen molar-refractivity contribution in [1.29, 1.82) is 0 Å². The molecule has 3 rings (SSSR count). The molecule has 0 spiro atoms. The minimum Gasteiger partial charge on any atom is -0.497 e. The molecule has 160 valence electrons. The van der Waals surface area contributed by atoms with Crippen LogP contribution in [0.4, 0.5) is 0 Å². The van der Waals surface area contributed by atoms with Gasteiger partial charge < -0.3 is 15.2 Å². The Hall–Kier alpha value is -2.91. The fourth-order valence-electron chi connectivity index (χ4n) is 3.34. The van der Waals surface area contributed by atoms with E-state index in [4.69, 9.17) is 15.2 Å². The molecule has 1 fully saturated rings. The summed E-state index contributed by atoms with van der Waals surface area (Å²) in [6.45, 7) is 0.398. The third kappa shape index (κ3) is 4.98. The molecule has 1 amide bonds. The van der Waals surface area contributed by atoms with Crippen molar-refractivity contribution in [2.45, 2.75) is 24.3 Å². The van der Waals surface area contributed by atoms with Gasteiger partial charge in [-0.05, 0) is 54.8 Å². The van der Waals surface area contributed by atoms with Crippen LogP contribution in [0.5, 0.6) is 5.75 Å². The first-order chi connectivity index (χ1) is 14.3. The number of primary amides is 1. The van der Waals surface area contributed by atoms with Crippen molar-refractivity contribution >= 4 is 21.9 Å². The molecule has 0 aliphatic carbocycles. The van der Waals surface area contributed by atoms with Gasteiger partial charge >= 0.3 is 5.97 Å². The molecular weight excluding hydrogens is 408 g/mol. The highest BCUT2D eigenvalue weighted by molar-refractivity contribution is 7.89. The van der Waals surface area contributed by atoms with Crippen LogP contribution in [-0.4, -0.2) is 44.8 Å². The molecule has 0 aromatic heterocycles. The first-order valence-electron chi connectivity index (χ1n) is 9.51. The van der Waals surface area contributed by atoms with E-state index in [9.17, 15) is 18.0 Å². The Morgan fingerprint density at radius 1 is 1.17 bits per heavy atom. The van der Waals surface area contributed by atoms with Gasteiger partial charge in [-0.2, -0.15) is 4.31 Å². The molecule has 0 bridgehead atoms. The molecule has 1 heterocycles. The zero-order chi connectivity index (χ0) is 21.7. The smallest absolute Gasteiger partial charge is 0.310 e. The van der Waals surface area contributed by atoms with Crippen LogP contribution in [0.2, 0.25) is 0 Å². The van der Waals surface area contributed by atoms with Gasteiger partial charge in [-0.3, -0.25) is 9.59 Å². The van der Waals surface area contributed by atoms with E-state index in [1.807, 2.05) is 0 Å². The number of hydrogen-bond acceptors (Lipinski definition) is 6. The average molecular weight is 432 g/mol. The molecule has 1 aliphatic rings. The summed E-state index contributed by atoms with van der Waals surface area (Å²) in [5, 5.41) is 0. The molecule has 0 saturated carbocycles. The number of benzene rings is 2. The van der Waals surface area contributed by atoms with E-state index in [0.29, 0.717) is 36.3 Å². The first-order valence-corrected chi connectivity index (χ1v) is 10.9. The third-order valence-electron chi connectivity index (χ3n) is 5.01. The van der Waals surface area contributed by atoms with Crippen LogP contribution < -0.4 is 10.5 Å². The van der Waals surface area contributed by atoms with Crippen LogP contribution in [0.1, 0.15) is 28.8 Å². The molecule has 2 aromatic rings. The molecule has 2 aromatic carbocycles. The van der Waals surface area contributed by atoms with E-state index >= 15 is 0 Å². The predicted octanol–water partition coefficient (Wildman–Crippen LogP) is 1.94. The summed E-state index contributed by atoms with van der Waals surface area (Å²) in [4.78, 5) is 24.0. The molecule has 1 atom stereocenters. The summed E-state index contributed by atoms with van der Waals surface area (Å²) in [6, 6.07) is 12.7. The lowest BCUT2D eigenvalue weighted by molar-refractivity contribution is -0.151. The topological polar surface area (TPSA) is 116 Å². The number of sulfonamides is 1. The van der Waals surface area contributed by atoms with E-state index in [-0.39, 0.29) is 18.0 Å². The monoisotopic (exact) mass is 432 g/mol. The summed E-state index contributed by atoms with van der Waals surface area (Å²) in [7, 11) is -2.21. The lowest BCUT2D eigenvalue weighted by Gasteiger charge is -2.30. The predicted molar refractivity (Wildman–Crippen MR) is 109 cm³/mol. The lowest BCUT2D eigenvalue weighted by atomic mass is 10.00. The maximum Gasteiger partial charge on any atom is 0.310 e. The Bertz CT molecular complexity index is 1020. The molecule has 1 saturated heterocycles. The highest BCUT2D eigenvalue weighted by Gasteiger charge is 2.34. The van der Waals surface area contributed by atoms with Crippen LogP contribution in [0.3, 0.4) is 0 Å². The van der Waals surface area contributed by atoms with Crippen molar-refractivity contribution in [3.05, 3.63) is 59.7 Å². The van der Waals surface area contributed by atoms with Gasteiger partial charge in [0.1, 0.15) is 12.4 Å². The zero-order valence-corrected chi connectivity index (χ0v) is 17.4. The maximum atomic E-state index is 12.9. The first kappa shape index (κ1) is 21.8. The Balaban J connectivity index is 1.64. The summed E-state index contributed by atoms with van der Waals surface area (Å²) >= 11 is 0. The van der Waals surface area contributed by atoms with Gasteiger partial charge in [0.15, 0.2) is 0 Å². The van der Waals surface area contributed by atoms with Crippen LogP contribution in [0.15, 0.2) is 53.4 Å². The number of methoxy groups -OCH3 is 1. The van der Waals surface area contributed by atoms with Crippen LogP contribution in [-0.2, 0) is 26.2 Å². The Morgan fingerprint density at radius 3 is 2.57 bits per heavy atom. The molecule has 1 unspecified atom stereocenters. The summed E-state index contributed by atoms with van der Waals surface area (Å²) < 4.78 is 37.6. The number of nitrogens with two attached hydrogens (primary N) is 1. The average Bonchev–Trinajstić information content (AvgIpc) is 2.77. The molecule has 8 nitrogen and oxygen atoms in total. The maximum absolute atomic E-state index is 12.9. The summed E-state index contributed by atoms with van der Waals surface area (Å²) in [6.07, 6.45) is 1.11. The van der Waals surface area contributed by atoms with Gasteiger partial charge in [-0.1, -0.05) is 12.1 Å². The number of carbonyl (C=O) groups excluding carboxylic acids is 2. The number of rotatable bonds is 7. The summed E-state index contributed by atoms with van der Waals surface area (Å²) in [5.74, 6) is -1.01. The number of hydrogen-bond donors (Lipinski definition) is 1. The highest BCUT2D eigenvalue weighted by atomic mass is 32.2. The van der Waals surface area contributed by atoms with E-state index in [2.05, 4.69) is 0 Å². The Labute approximate surface area is 175 Å². The van der Waals surface area contributed by atoms with E-state index in [0.717, 1.165) is 0 Å². The van der Waals surface area contributed by atoms with Crippen molar-refractivity contribution in [1.82, 2.24) is 4.31 Å². The van der Waals surface area contributed by atoms with Crippen LogP contribution in [0, 0.1) is 5.92 Å². The summed E-state index contributed by atoms with van der Waals surface area (Å²) in [5.41, 5.74) is 6.23. The van der Waals surface area contributed by atoms with Gasteiger partial charge in [0.05, 0.1) is 17.9 Å². The van der Waals surface area contributed by atoms with Crippen LogP contribution in [0.25, 0.3) is 0 Å². The van der Waals surface area contributed by atoms with Crippen molar-refractivity contribution in [2.24, 2.45) is 11.7 Å². The number of piperidine rings is 1. The molecule has 9 heteroatoms. The van der Waals surface area contributed by atoms with Gasteiger partial charge in [0.25, 0.3) is 0 Å². The standard InChI is InChI=1S/C21H24N2O6S/c1-28-18-7-9-19(10-8-18)30(26,27)23-11-3-6-17(13-23)21(25)29-14-15-4-2-5-16(12-15)20(22)24/h2,4-5,7-10,12,17H,3,6,11,13-14H2,1H3,(H2,22,24). The van der Waals surface area contributed by atoms with E-state index < -0.39 is 27.8 Å². The number of esters is 1. The van der Waals surface area contributed by atoms with E-state index in [1.54, 1.807) is 36.4 Å². The molecule has 0 radical (unpaired) electrons. The highest BCUT2D eigenvalue weighted by Crippen LogP contribution is 2.26. The molecule has 30 heavy (non-hydrogen) atoms. The quantitative estimate of drug-likeness (QED) is 0.669. The lowest BCUT2D eigenvalue weighted by Crippen LogP contribution is -2.42. The van der Waals surface area contributed by atoms with Crippen LogP contribution >= 0.6 is 0 Å². The Morgan fingerprint density at radius 2 is 1.90 bits per heavy atom. The normalized spacial score (nSPS) is 17.3. The Kier molecular flexibility index (Phi) is 6.73. The third-order valence-corrected chi connectivity index (χ3v) is 6.89. The van der Waals surface area contributed by atoms with Crippen molar-refractivity contribution in [3.8, 4) is 5.75 Å². The molecular formula is C21H24N2O6S. The van der Waals surface area contributed by atoms with Crippen molar-refractivity contribution < 1.29 is 27.5 Å². The fourth-order valence-corrected chi connectivity index (χ4v) is 4.86. The van der Waals surface area contributed by atoms with Gasteiger partial charge in [-0.25, -0.2) is 8.42 Å². The minimum atomic E-state index is -3.72. The van der Waals surface area contributed by atoms with E-state index in [1.165, 1.54) is 23.5 Å². The second-order valence-corrected chi connectivity index (χ2v) is 8.99. The second-order valence-electron chi connectivity index (χ2n) is 7.05. The minimum absolute atomic E-state index is 0.0122. The van der Waals surface area contributed by atoms with Gasteiger partial charge in [0, 0.05) is 18.7 Å². The second kappa shape index (κ2) is 9.27. The zero-order valence-electron chi connectivity index (χ0n) is 16.6. The van der Waals surface area contributed by atoms with Gasteiger partial charge in [0.2, 0.25) is 15.9 Å². The number of ether oxygens (including phenoxy) is 2. The number of nitrogens with zero attached hydrogens (tertiary/aromatic N) is 1.